The van der Waals surface area contributed by atoms with Crippen molar-refractivity contribution in [3.63, 3.8) is 0 Å². The molecule has 2 heterocycles. The lowest BCUT2D eigenvalue weighted by molar-refractivity contribution is -0.0620. The fraction of sp³-hybridized carbons (Fsp3) is 0.556. The van der Waals surface area contributed by atoms with E-state index >= 15 is 0 Å². The van der Waals surface area contributed by atoms with Gasteiger partial charge in [-0.15, -0.1) is 0 Å². The third-order valence-electron chi connectivity index (χ3n) is 6.67. The highest BCUT2D eigenvalue weighted by atomic mass is 35.5. The van der Waals surface area contributed by atoms with Crippen LogP contribution in [0.15, 0.2) is 42.5 Å². The van der Waals surface area contributed by atoms with E-state index in [2.05, 4.69) is 34.1 Å². The van der Waals surface area contributed by atoms with Crippen molar-refractivity contribution >= 4 is 11.6 Å². The van der Waals surface area contributed by atoms with Gasteiger partial charge in [-0.25, -0.2) is 0 Å². The first-order valence-electron chi connectivity index (χ1n) is 12.3. The van der Waals surface area contributed by atoms with Gasteiger partial charge in [0.25, 0.3) is 0 Å². The van der Waals surface area contributed by atoms with Gasteiger partial charge in [-0.2, -0.15) is 0 Å². The van der Waals surface area contributed by atoms with Crippen LogP contribution in [0.5, 0.6) is 11.5 Å². The number of piperidine rings is 2. The molecule has 2 aliphatic rings. The van der Waals surface area contributed by atoms with Crippen molar-refractivity contribution in [3.05, 3.63) is 58.6 Å². The minimum atomic E-state index is -0.872. The van der Waals surface area contributed by atoms with Crippen LogP contribution in [-0.4, -0.2) is 66.4 Å². The largest absolute Gasteiger partial charge is 0.492 e. The third-order valence-corrected chi connectivity index (χ3v) is 6.98. The number of likely N-dealkylation sites (tertiary alicyclic amines) is 2. The first-order chi connectivity index (χ1) is 16.0. The SMILES string of the molecule is Cc1ccc(Cl)c(OCC2(O)CCCN(Cc3ccc(OCCN4CCCCC4)cc3)C2)c1. The molecule has 1 N–H and O–H groups in total. The molecule has 0 radical (unpaired) electrons. The lowest BCUT2D eigenvalue weighted by Crippen LogP contribution is -2.51. The van der Waals surface area contributed by atoms with Gasteiger partial charge in [0.05, 0.1) is 5.02 Å². The normalized spacial score (nSPS) is 22.3. The Morgan fingerprint density at radius 3 is 2.48 bits per heavy atom. The molecular weight excluding hydrogens is 436 g/mol. The van der Waals surface area contributed by atoms with Gasteiger partial charge in [-0.1, -0.05) is 36.2 Å². The number of nitrogens with zero attached hydrogens (tertiary/aromatic N) is 2. The molecule has 1 atom stereocenters. The van der Waals surface area contributed by atoms with Crippen LogP contribution in [0, 0.1) is 6.92 Å². The average Bonchev–Trinajstić information content (AvgIpc) is 2.82. The zero-order chi connectivity index (χ0) is 23.1. The number of halogens is 1. The predicted molar refractivity (Wildman–Crippen MR) is 133 cm³/mol. The van der Waals surface area contributed by atoms with Gasteiger partial charge in [0, 0.05) is 19.6 Å². The highest BCUT2D eigenvalue weighted by Gasteiger charge is 2.34. The predicted octanol–water partition coefficient (Wildman–Crippen LogP) is 4.92. The minimum Gasteiger partial charge on any atom is -0.492 e. The molecule has 2 aliphatic heterocycles. The van der Waals surface area contributed by atoms with Gasteiger partial charge < -0.3 is 14.6 Å². The van der Waals surface area contributed by atoms with Gasteiger partial charge in [0.15, 0.2) is 0 Å². The van der Waals surface area contributed by atoms with Gasteiger partial charge in [0.2, 0.25) is 0 Å². The maximum Gasteiger partial charge on any atom is 0.138 e. The molecule has 5 nitrogen and oxygen atoms in total. The van der Waals surface area contributed by atoms with E-state index in [1.54, 1.807) is 0 Å². The molecule has 6 heteroatoms. The highest BCUT2D eigenvalue weighted by molar-refractivity contribution is 6.32. The van der Waals surface area contributed by atoms with E-state index in [0.29, 0.717) is 17.3 Å². The van der Waals surface area contributed by atoms with E-state index < -0.39 is 5.60 Å². The van der Waals surface area contributed by atoms with Crippen LogP contribution in [0.3, 0.4) is 0 Å². The summed E-state index contributed by atoms with van der Waals surface area (Å²) in [4.78, 5) is 4.79. The van der Waals surface area contributed by atoms with E-state index in [1.165, 1.54) is 37.9 Å². The Balaban J connectivity index is 1.24. The molecule has 4 rings (SSSR count). The quantitative estimate of drug-likeness (QED) is 0.561. The number of benzene rings is 2. The van der Waals surface area contributed by atoms with Crippen molar-refractivity contribution in [1.29, 1.82) is 0 Å². The van der Waals surface area contributed by atoms with Crippen molar-refractivity contribution in [3.8, 4) is 11.5 Å². The molecular formula is C27H37ClN2O3. The minimum absolute atomic E-state index is 0.246. The number of hydrogen-bond acceptors (Lipinski definition) is 5. The number of hydrogen-bond donors (Lipinski definition) is 1. The summed E-state index contributed by atoms with van der Waals surface area (Å²) in [5.74, 6) is 1.56. The van der Waals surface area contributed by atoms with E-state index in [0.717, 1.165) is 50.4 Å². The Kier molecular flexibility index (Phi) is 8.53. The molecule has 0 aliphatic carbocycles. The molecule has 0 bridgehead atoms. The number of aliphatic hydroxyl groups is 1. The van der Waals surface area contributed by atoms with E-state index in [9.17, 15) is 5.11 Å². The monoisotopic (exact) mass is 472 g/mol. The molecule has 33 heavy (non-hydrogen) atoms. The molecule has 1 unspecified atom stereocenters. The van der Waals surface area contributed by atoms with Crippen LogP contribution < -0.4 is 9.47 Å². The van der Waals surface area contributed by atoms with E-state index in [4.69, 9.17) is 21.1 Å². The second-order valence-electron chi connectivity index (χ2n) is 9.66. The lowest BCUT2D eigenvalue weighted by Gasteiger charge is -2.39. The third kappa shape index (κ3) is 7.35. The molecule has 0 aromatic heterocycles. The molecule has 2 aromatic rings. The van der Waals surface area contributed by atoms with E-state index in [1.807, 2.05) is 25.1 Å². The number of aryl methyl sites for hydroxylation is 1. The van der Waals surface area contributed by atoms with Crippen molar-refractivity contribution in [1.82, 2.24) is 9.80 Å². The van der Waals surface area contributed by atoms with Crippen LogP contribution >= 0.6 is 11.6 Å². The maximum atomic E-state index is 11.2. The molecule has 2 aromatic carbocycles. The van der Waals surface area contributed by atoms with Crippen LogP contribution in [0.2, 0.25) is 5.02 Å². The van der Waals surface area contributed by atoms with Gasteiger partial charge in [-0.3, -0.25) is 9.80 Å². The average molecular weight is 473 g/mol. The Bertz CT molecular complexity index is 885. The molecule has 0 spiro atoms. The topological polar surface area (TPSA) is 45.2 Å². The van der Waals surface area contributed by atoms with Crippen LogP contribution in [0.25, 0.3) is 0 Å². The fourth-order valence-corrected chi connectivity index (χ4v) is 4.99. The Labute approximate surface area is 203 Å². The summed E-state index contributed by atoms with van der Waals surface area (Å²) in [6, 6.07) is 14.1. The molecule has 180 valence electrons. The highest BCUT2D eigenvalue weighted by Crippen LogP contribution is 2.29. The summed E-state index contributed by atoms with van der Waals surface area (Å²) in [6.45, 7) is 8.77. The molecule has 2 saturated heterocycles. The summed E-state index contributed by atoms with van der Waals surface area (Å²) in [5, 5.41) is 11.7. The summed E-state index contributed by atoms with van der Waals surface area (Å²) < 4.78 is 11.9. The summed E-state index contributed by atoms with van der Waals surface area (Å²) in [5.41, 5.74) is 1.44. The smallest absolute Gasteiger partial charge is 0.138 e. The van der Waals surface area contributed by atoms with Gasteiger partial charge in [0.1, 0.15) is 30.3 Å². The first kappa shape index (κ1) is 24.3. The maximum absolute atomic E-state index is 11.2. The van der Waals surface area contributed by atoms with Crippen LogP contribution in [0.1, 0.15) is 43.2 Å². The Hall–Kier alpha value is -1.79. The van der Waals surface area contributed by atoms with Crippen molar-refractivity contribution in [2.75, 3.05) is 45.9 Å². The van der Waals surface area contributed by atoms with Gasteiger partial charge >= 0.3 is 0 Å². The lowest BCUT2D eigenvalue weighted by atomic mass is 9.93. The second kappa shape index (κ2) is 11.6. The van der Waals surface area contributed by atoms with Crippen molar-refractivity contribution in [2.45, 2.75) is 51.2 Å². The van der Waals surface area contributed by atoms with E-state index in [-0.39, 0.29) is 6.61 Å². The summed E-state index contributed by atoms with van der Waals surface area (Å²) in [7, 11) is 0. The zero-order valence-electron chi connectivity index (χ0n) is 19.8. The van der Waals surface area contributed by atoms with Crippen LogP contribution in [0.4, 0.5) is 0 Å². The van der Waals surface area contributed by atoms with Gasteiger partial charge in [-0.05, 0) is 87.6 Å². The zero-order valence-corrected chi connectivity index (χ0v) is 20.5. The number of β-amino-alcohol motifs (C(OH)–C–C–N with tert-alkyl or cyclic N) is 1. The van der Waals surface area contributed by atoms with Crippen molar-refractivity contribution in [2.24, 2.45) is 0 Å². The molecule has 0 saturated carbocycles. The standard InChI is InChI=1S/C27H37ClN2O3/c1-22-6-11-25(28)26(18-22)33-21-27(31)12-5-15-30(20-27)19-23-7-9-24(10-8-23)32-17-16-29-13-3-2-4-14-29/h6-11,18,31H,2-5,12-17,19-21H2,1H3. The second-order valence-corrected chi connectivity index (χ2v) is 10.1. The summed E-state index contributed by atoms with van der Waals surface area (Å²) in [6.07, 6.45) is 5.66. The number of ether oxygens (including phenoxy) is 2. The first-order valence-corrected chi connectivity index (χ1v) is 12.6. The summed E-state index contributed by atoms with van der Waals surface area (Å²) >= 11 is 6.25. The fourth-order valence-electron chi connectivity index (χ4n) is 4.82. The number of rotatable bonds is 9. The molecule has 0 amide bonds. The molecule has 2 fully saturated rings. The Morgan fingerprint density at radius 2 is 1.70 bits per heavy atom. The van der Waals surface area contributed by atoms with Crippen molar-refractivity contribution < 1.29 is 14.6 Å². The Morgan fingerprint density at radius 1 is 0.939 bits per heavy atom. The van der Waals surface area contributed by atoms with Crippen LogP contribution in [-0.2, 0) is 6.54 Å².